The van der Waals surface area contributed by atoms with Crippen LogP contribution in [0.25, 0.3) is 11.4 Å². The number of hydrogen-bond acceptors (Lipinski definition) is 5. The first-order valence-electron chi connectivity index (χ1n) is 10.1. The lowest BCUT2D eigenvalue weighted by Gasteiger charge is -2.34. The summed E-state index contributed by atoms with van der Waals surface area (Å²) in [6.45, 7) is 6.30. The third kappa shape index (κ3) is 4.90. The van der Waals surface area contributed by atoms with Crippen LogP contribution in [0.3, 0.4) is 0 Å². The molecule has 0 unspecified atom stereocenters. The van der Waals surface area contributed by atoms with Crippen LogP contribution in [0.2, 0.25) is 0 Å². The van der Waals surface area contributed by atoms with E-state index in [0.717, 1.165) is 43.9 Å². The first kappa shape index (κ1) is 19.3. The quantitative estimate of drug-likeness (QED) is 0.646. The van der Waals surface area contributed by atoms with E-state index in [1.54, 1.807) is 0 Å². The fourth-order valence-corrected chi connectivity index (χ4v) is 3.66. The zero-order valence-electron chi connectivity index (χ0n) is 16.8. The maximum Gasteiger partial charge on any atom is 0.227 e. The van der Waals surface area contributed by atoms with Crippen LogP contribution in [0, 0.1) is 6.92 Å². The number of carbonyl (C=O) groups excluding carboxylic acids is 1. The lowest BCUT2D eigenvalue weighted by atomic mass is 10.1. The number of aromatic nitrogens is 2. The maximum atomic E-state index is 12.6. The average molecular weight is 390 g/mol. The van der Waals surface area contributed by atoms with Crippen LogP contribution in [-0.2, 0) is 17.8 Å². The summed E-state index contributed by atoms with van der Waals surface area (Å²) in [5, 5.41) is 4.07. The highest BCUT2D eigenvalue weighted by Crippen LogP contribution is 2.20. The second kappa shape index (κ2) is 9.01. The standard InChI is InChI=1S/C23H26N4O2/c1-18-7-5-6-10-20(18)23-24-21(29-25-23)11-12-22(28)27-15-13-26(14-16-27)17-19-8-3-2-4-9-19/h2-10H,11-17H2,1H3. The van der Waals surface area contributed by atoms with Crippen molar-refractivity contribution < 1.29 is 9.32 Å². The molecule has 2 heterocycles. The third-order valence-corrected chi connectivity index (χ3v) is 5.38. The topological polar surface area (TPSA) is 62.5 Å². The van der Waals surface area contributed by atoms with Gasteiger partial charge in [0.1, 0.15) is 0 Å². The Morgan fingerprint density at radius 2 is 1.72 bits per heavy atom. The summed E-state index contributed by atoms with van der Waals surface area (Å²) in [6, 6.07) is 18.4. The molecule has 0 bridgehead atoms. The van der Waals surface area contributed by atoms with E-state index in [4.69, 9.17) is 4.52 Å². The number of aryl methyl sites for hydroxylation is 2. The molecule has 0 aliphatic carbocycles. The highest BCUT2D eigenvalue weighted by Gasteiger charge is 2.21. The van der Waals surface area contributed by atoms with Gasteiger partial charge in [-0.05, 0) is 18.1 Å². The minimum atomic E-state index is 0.153. The van der Waals surface area contributed by atoms with Gasteiger partial charge in [0, 0.05) is 51.1 Å². The van der Waals surface area contributed by atoms with Gasteiger partial charge in [0.15, 0.2) is 0 Å². The number of amides is 1. The largest absolute Gasteiger partial charge is 0.340 e. The Morgan fingerprint density at radius 1 is 1.00 bits per heavy atom. The Kier molecular flexibility index (Phi) is 6.00. The molecule has 1 amide bonds. The van der Waals surface area contributed by atoms with Crippen LogP contribution in [-0.4, -0.2) is 52.0 Å². The van der Waals surface area contributed by atoms with Gasteiger partial charge in [-0.2, -0.15) is 4.98 Å². The van der Waals surface area contributed by atoms with Gasteiger partial charge in [-0.15, -0.1) is 0 Å². The van der Waals surface area contributed by atoms with Crippen LogP contribution in [0.1, 0.15) is 23.4 Å². The monoisotopic (exact) mass is 390 g/mol. The van der Waals surface area contributed by atoms with Gasteiger partial charge in [-0.3, -0.25) is 9.69 Å². The van der Waals surface area contributed by atoms with E-state index in [0.29, 0.717) is 24.6 Å². The maximum absolute atomic E-state index is 12.6. The molecule has 6 heteroatoms. The Labute approximate surface area is 171 Å². The highest BCUT2D eigenvalue weighted by molar-refractivity contribution is 5.76. The van der Waals surface area contributed by atoms with Crippen molar-refractivity contribution in [3.8, 4) is 11.4 Å². The molecule has 0 radical (unpaired) electrons. The molecule has 1 fully saturated rings. The van der Waals surface area contributed by atoms with Crippen molar-refractivity contribution in [2.45, 2.75) is 26.3 Å². The predicted octanol–water partition coefficient (Wildman–Crippen LogP) is 3.32. The van der Waals surface area contributed by atoms with Crippen LogP contribution in [0.5, 0.6) is 0 Å². The van der Waals surface area contributed by atoms with Crippen molar-refractivity contribution in [2.24, 2.45) is 0 Å². The second-order valence-corrected chi connectivity index (χ2v) is 7.47. The number of benzene rings is 2. The molecule has 6 nitrogen and oxygen atoms in total. The molecule has 0 atom stereocenters. The summed E-state index contributed by atoms with van der Waals surface area (Å²) >= 11 is 0. The average Bonchev–Trinajstić information content (AvgIpc) is 3.22. The minimum absolute atomic E-state index is 0.153. The van der Waals surface area contributed by atoms with Gasteiger partial charge in [-0.25, -0.2) is 0 Å². The van der Waals surface area contributed by atoms with Gasteiger partial charge >= 0.3 is 0 Å². The molecule has 1 aliphatic heterocycles. The molecule has 0 spiro atoms. The molecular weight excluding hydrogens is 364 g/mol. The van der Waals surface area contributed by atoms with Gasteiger partial charge in [0.2, 0.25) is 17.6 Å². The van der Waals surface area contributed by atoms with Crippen molar-refractivity contribution >= 4 is 5.91 Å². The van der Waals surface area contributed by atoms with Gasteiger partial charge < -0.3 is 9.42 Å². The molecule has 4 rings (SSSR count). The van der Waals surface area contributed by atoms with Crippen molar-refractivity contribution in [3.05, 3.63) is 71.6 Å². The van der Waals surface area contributed by atoms with Crippen molar-refractivity contribution in [1.82, 2.24) is 19.9 Å². The summed E-state index contributed by atoms with van der Waals surface area (Å²) < 4.78 is 5.36. The first-order valence-corrected chi connectivity index (χ1v) is 10.1. The smallest absolute Gasteiger partial charge is 0.227 e. The van der Waals surface area contributed by atoms with Crippen LogP contribution in [0.4, 0.5) is 0 Å². The molecule has 0 N–H and O–H groups in total. The number of nitrogens with zero attached hydrogens (tertiary/aromatic N) is 4. The number of hydrogen-bond donors (Lipinski definition) is 0. The molecule has 1 saturated heterocycles. The number of carbonyl (C=O) groups is 1. The van der Waals surface area contributed by atoms with Crippen LogP contribution >= 0.6 is 0 Å². The summed E-state index contributed by atoms with van der Waals surface area (Å²) in [7, 11) is 0. The molecule has 1 aromatic heterocycles. The van der Waals surface area contributed by atoms with E-state index >= 15 is 0 Å². The lowest BCUT2D eigenvalue weighted by Crippen LogP contribution is -2.48. The van der Waals surface area contributed by atoms with E-state index in [-0.39, 0.29) is 5.91 Å². The van der Waals surface area contributed by atoms with Crippen molar-refractivity contribution in [2.75, 3.05) is 26.2 Å². The number of piperazine rings is 1. The Balaban J connectivity index is 1.25. The fourth-order valence-electron chi connectivity index (χ4n) is 3.66. The molecule has 150 valence electrons. The van der Waals surface area contributed by atoms with Gasteiger partial charge in [0.25, 0.3) is 0 Å². The SMILES string of the molecule is Cc1ccccc1-c1noc(CCC(=O)N2CCN(Cc3ccccc3)CC2)n1. The summed E-state index contributed by atoms with van der Waals surface area (Å²) in [5.74, 6) is 1.25. The highest BCUT2D eigenvalue weighted by atomic mass is 16.5. The van der Waals surface area contributed by atoms with Crippen molar-refractivity contribution in [1.29, 1.82) is 0 Å². The number of rotatable bonds is 6. The summed E-state index contributed by atoms with van der Waals surface area (Å²) in [6.07, 6.45) is 0.871. The molecular formula is C23H26N4O2. The first-order chi connectivity index (χ1) is 14.2. The van der Waals surface area contributed by atoms with E-state index in [2.05, 4.69) is 39.3 Å². The fraction of sp³-hybridized carbons (Fsp3) is 0.348. The summed E-state index contributed by atoms with van der Waals surface area (Å²) in [4.78, 5) is 21.4. The van der Waals surface area contributed by atoms with E-state index in [9.17, 15) is 4.79 Å². The zero-order chi connectivity index (χ0) is 20.1. The Morgan fingerprint density at radius 3 is 2.48 bits per heavy atom. The Hall–Kier alpha value is -2.99. The van der Waals surface area contributed by atoms with E-state index < -0.39 is 0 Å². The third-order valence-electron chi connectivity index (χ3n) is 5.38. The second-order valence-electron chi connectivity index (χ2n) is 7.47. The van der Waals surface area contributed by atoms with Crippen LogP contribution < -0.4 is 0 Å². The normalized spacial score (nSPS) is 14.9. The zero-order valence-corrected chi connectivity index (χ0v) is 16.8. The molecule has 29 heavy (non-hydrogen) atoms. The molecule has 0 saturated carbocycles. The summed E-state index contributed by atoms with van der Waals surface area (Å²) in [5.41, 5.74) is 3.38. The Bertz CT molecular complexity index is 946. The van der Waals surface area contributed by atoms with E-state index in [1.165, 1.54) is 5.56 Å². The minimum Gasteiger partial charge on any atom is -0.340 e. The predicted molar refractivity (Wildman–Crippen MR) is 111 cm³/mol. The van der Waals surface area contributed by atoms with Crippen molar-refractivity contribution in [3.63, 3.8) is 0 Å². The molecule has 1 aliphatic rings. The lowest BCUT2D eigenvalue weighted by molar-refractivity contribution is -0.133. The van der Waals surface area contributed by atoms with Crippen LogP contribution in [0.15, 0.2) is 59.1 Å². The van der Waals surface area contributed by atoms with Gasteiger partial charge in [0.05, 0.1) is 0 Å². The van der Waals surface area contributed by atoms with Gasteiger partial charge in [-0.1, -0.05) is 59.8 Å². The molecule has 3 aromatic rings. The molecule has 2 aromatic carbocycles. The van der Waals surface area contributed by atoms with E-state index in [1.807, 2.05) is 42.2 Å².